The van der Waals surface area contributed by atoms with Crippen LogP contribution < -0.4 is 20.7 Å². The molecule has 0 radical (unpaired) electrons. The molecule has 1 N–H and O–H groups in total. The highest BCUT2D eigenvalue weighted by atomic mass is 16.2. The van der Waals surface area contributed by atoms with Crippen molar-refractivity contribution in [3.8, 4) is 0 Å². The maximum Gasteiger partial charge on any atom is 0.269 e. The Morgan fingerprint density at radius 1 is 1.27 bits per heavy atom. The van der Waals surface area contributed by atoms with E-state index in [1.165, 1.54) is 10.2 Å². The van der Waals surface area contributed by atoms with Gasteiger partial charge >= 0.3 is 0 Å². The lowest BCUT2D eigenvalue weighted by molar-refractivity contribution is -0.119. The summed E-state index contributed by atoms with van der Waals surface area (Å²) in [6.45, 7) is 5.49. The fraction of sp³-hybridized carbons (Fsp3) is 0.421. The summed E-state index contributed by atoms with van der Waals surface area (Å²) in [5, 5.41) is 7.52. The molecular formula is C19H23N5O2. The summed E-state index contributed by atoms with van der Waals surface area (Å²) in [5.74, 6) is -0.105. The van der Waals surface area contributed by atoms with E-state index in [1.54, 1.807) is 17.2 Å². The van der Waals surface area contributed by atoms with Gasteiger partial charge in [0.25, 0.3) is 5.56 Å². The van der Waals surface area contributed by atoms with Gasteiger partial charge in [-0.25, -0.2) is 4.68 Å². The Morgan fingerprint density at radius 3 is 2.81 bits per heavy atom. The van der Waals surface area contributed by atoms with Crippen LogP contribution in [0.15, 0.2) is 41.3 Å². The zero-order valence-corrected chi connectivity index (χ0v) is 14.9. The van der Waals surface area contributed by atoms with E-state index in [1.807, 2.05) is 31.2 Å². The molecule has 0 saturated carbocycles. The van der Waals surface area contributed by atoms with Crippen LogP contribution in [0.25, 0.3) is 0 Å². The van der Waals surface area contributed by atoms with Gasteiger partial charge in [0.15, 0.2) is 0 Å². The highest BCUT2D eigenvalue weighted by Gasteiger charge is 2.30. The Labute approximate surface area is 152 Å². The molecule has 0 spiro atoms. The summed E-state index contributed by atoms with van der Waals surface area (Å²) in [6, 6.07) is 9.60. The third kappa shape index (κ3) is 3.10. The lowest BCUT2D eigenvalue weighted by Crippen LogP contribution is -2.44. The molecule has 26 heavy (non-hydrogen) atoms. The minimum atomic E-state index is -0.241. The average Bonchev–Trinajstić information content (AvgIpc) is 3.00. The van der Waals surface area contributed by atoms with E-state index in [4.69, 9.17) is 0 Å². The molecule has 2 aliphatic rings. The second kappa shape index (κ2) is 6.92. The Bertz CT molecular complexity index is 872. The van der Waals surface area contributed by atoms with Gasteiger partial charge in [0.1, 0.15) is 6.54 Å². The second-order valence-electron chi connectivity index (χ2n) is 6.89. The first-order valence-electron chi connectivity index (χ1n) is 9.06. The SMILES string of the molecule is C[C@H]1Cc2ccccc2N1C(=O)Cn1ncc(N2CCNCC2)cc1=O. The number of benzene rings is 1. The normalized spacial score (nSPS) is 19.5. The molecule has 136 valence electrons. The third-order valence-corrected chi connectivity index (χ3v) is 5.10. The smallest absolute Gasteiger partial charge is 0.269 e. The van der Waals surface area contributed by atoms with Crippen LogP contribution in [0, 0.1) is 0 Å². The molecule has 7 nitrogen and oxygen atoms in total. The third-order valence-electron chi connectivity index (χ3n) is 5.10. The van der Waals surface area contributed by atoms with Crippen LogP contribution in [-0.4, -0.2) is 47.9 Å². The standard InChI is InChI=1S/C19H23N5O2/c1-14-10-15-4-2-3-5-17(15)24(14)19(26)13-23-18(25)11-16(12-21-23)22-8-6-20-7-9-22/h2-5,11-12,14,20H,6-10,13H2,1H3/t14-/m0/s1. The van der Waals surface area contributed by atoms with Gasteiger partial charge in [0, 0.05) is 44.0 Å². The number of aromatic nitrogens is 2. The number of nitrogens with zero attached hydrogens (tertiary/aromatic N) is 4. The summed E-state index contributed by atoms with van der Waals surface area (Å²) in [5.41, 5.74) is 2.69. The van der Waals surface area contributed by atoms with Gasteiger partial charge in [-0.15, -0.1) is 0 Å². The molecule has 0 bridgehead atoms. The van der Waals surface area contributed by atoms with E-state index in [2.05, 4.69) is 15.3 Å². The van der Waals surface area contributed by atoms with Gasteiger partial charge in [0.2, 0.25) is 5.91 Å². The first-order valence-corrected chi connectivity index (χ1v) is 9.06. The van der Waals surface area contributed by atoms with Crippen LogP contribution in [0.1, 0.15) is 12.5 Å². The molecule has 1 amide bonds. The number of rotatable bonds is 3. The van der Waals surface area contributed by atoms with Crippen molar-refractivity contribution in [2.75, 3.05) is 36.0 Å². The molecule has 2 aromatic rings. The number of carbonyl (C=O) groups is 1. The summed E-state index contributed by atoms with van der Waals surface area (Å²) in [6.07, 6.45) is 2.52. The fourth-order valence-corrected chi connectivity index (χ4v) is 3.79. The van der Waals surface area contributed by atoms with Crippen LogP contribution in [0.5, 0.6) is 0 Å². The molecule has 4 rings (SSSR count). The number of hydrogen-bond donors (Lipinski definition) is 1. The number of para-hydroxylation sites is 1. The Hall–Kier alpha value is -2.67. The number of carbonyl (C=O) groups excluding carboxylic acids is 1. The number of anilines is 2. The van der Waals surface area contributed by atoms with E-state index in [0.717, 1.165) is 44.0 Å². The molecule has 0 unspecified atom stereocenters. The van der Waals surface area contributed by atoms with Gasteiger partial charge in [0.05, 0.1) is 11.9 Å². The quantitative estimate of drug-likeness (QED) is 0.877. The maximum absolute atomic E-state index is 12.8. The van der Waals surface area contributed by atoms with E-state index in [9.17, 15) is 9.59 Å². The van der Waals surface area contributed by atoms with Gasteiger partial charge in [-0.1, -0.05) is 18.2 Å². The molecule has 2 aliphatic heterocycles. The van der Waals surface area contributed by atoms with Crippen molar-refractivity contribution in [3.63, 3.8) is 0 Å². The highest BCUT2D eigenvalue weighted by molar-refractivity contribution is 5.96. The van der Waals surface area contributed by atoms with Crippen LogP contribution in [0.2, 0.25) is 0 Å². The fourth-order valence-electron chi connectivity index (χ4n) is 3.79. The highest BCUT2D eigenvalue weighted by Crippen LogP contribution is 2.31. The first kappa shape index (κ1) is 16.8. The summed E-state index contributed by atoms with van der Waals surface area (Å²) in [4.78, 5) is 29.2. The Balaban J connectivity index is 1.52. The molecular weight excluding hydrogens is 330 g/mol. The van der Waals surface area contributed by atoms with Gasteiger partial charge < -0.3 is 15.1 Å². The summed E-state index contributed by atoms with van der Waals surface area (Å²) < 4.78 is 1.25. The minimum Gasteiger partial charge on any atom is -0.368 e. The molecule has 1 aromatic heterocycles. The topological polar surface area (TPSA) is 70.5 Å². The van der Waals surface area contributed by atoms with Crippen molar-refractivity contribution in [2.24, 2.45) is 0 Å². The molecule has 1 saturated heterocycles. The number of hydrogen-bond acceptors (Lipinski definition) is 5. The van der Waals surface area contributed by atoms with Crippen molar-refractivity contribution < 1.29 is 4.79 Å². The molecule has 1 aromatic carbocycles. The largest absolute Gasteiger partial charge is 0.368 e. The van der Waals surface area contributed by atoms with Crippen molar-refractivity contribution >= 4 is 17.3 Å². The number of piperazine rings is 1. The summed E-state index contributed by atoms with van der Waals surface area (Å²) in [7, 11) is 0. The second-order valence-corrected chi connectivity index (χ2v) is 6.89. The molecule has 1 fully saturated rings. The van der Waals surface area contributed by atoms with E-state index in [-0.39, 0.29) is 24.1 Å². The van der Waals surface area contributed by atoms with Gasteiger partial charge in [-0.3, -0.25) is 9.59 Å². The molecule has 3 heterocycles. The maximum atomic E-state index is 12.8. The minimum absolute atomic E-state index is 0.0423. The van der Waals surface area contributed by atoms with Crippen LogP contribution in [0.3, 0.4) is 0 Å². The predicted molar refractivity (Wildman–Crippen MR) is 101 cm³/mol. The van der Waals surface area contributed by atoms with Crippen molar-refractivity contribution in [2.45, 2.75) is 25.9 Å². The number of amides is 1. The van der Waals surface area contributed by atoms with E-state index < -0.39 is 0 Å². The molecule has 0 aliphatic carbocycles. The zero-order valence-electron chi connectivity index (χ0n) is 14.9. The zero-order chi connectivity index (χ0) is 18.1. The molecule has 1 atom stereocenters. The van der Waals surface area contributed by atoms with Crippen molar-refractivity contribution in [3.05, 3.63) is 52.4 Å². The Morgan fingerprint density at radius 2 is 2.04 bits per heavy atom. The monoisotopic (exact) mass is 353 g/mol. The van der Waals surface area contributed by atoms with Crippen LogP contribution >= 0.6 is 0 Å². The van der Waals surface area contributed by atoms with Gasteiger partial charge in [-0.2, -0.15) is 5.10 Å². The van der Waals surface area contributed by atoms with Gasteiger partial charge in [-0.05, 0) is 25.0 Å². The van der Waals surface area contributed by atoms with Crippen LogP contribution in [-0.2, 0) is 17.8 Å². The lowest BCUT2D eigenvalue weighted by Gasteiger charge is -2.29. The number of nitrogens with one attached hydrogen (secondary N) is 1. The average molecular weight is 353 g/mol. The van der Waals surface area contributed by atoms with E-state index in [0.29, 0.717) is 0 Å². The first-order chi connectivity index (χ1) is 12.6. The predicted octanol–water partition coefficient (Wildman–Crippen LogP) is 0.631. The van der Waals surface area contributed by atoms with Crippen molar-refractivity contribution in [1.29, 1.82) is 0 Å². The number of fused-ring (bicyclic) bond motifs is 1. The lowest BCUT2D eigenvalue weighted by atomic mass is 10.1. The molecule has 7 heteroatoms. The van der Waals surface area contributed by atoms with Crippen LogP contribution in [0.4, 0.5) is 11.4 Å². The Kier molecular flexibility index (Phi) is 4.46. The summed E-state index contributed by atoms with van der Waals surface area (Å²) >= 11 is 0. The van der Waals surface area contributed by atoms with E-state index >= 15 is 0 Å². The van der Waals surface area contributed by atoms with Crippen molar-refractivity contribution in [1.82, 2.24) is 15.1 Å².